The lowest BCUT2D eigenvalue weighted by molar-refractivity contribution is -0.383. The number of hydrogen-bond acceptors (Lipinski definition) is 6. The molecule has 0 bridgehead atoms. The Morgan fingerprint density at radius 1 is 1.43 bits per heavy atom. The van der Waals surface area contributed by atoms with Crippen LogP contribution in [0.3, 0.4) is 0 Å². The smallest absolute Gasteiger partial charge is 0.292 e. The summed E-state index contributed by atoms with van der Waals surface area (Å²) >= 11 is 0. The molecule has 1 aromatic carbocycles. The number of amides is 1. The first-order valence-electron chi connectivity index (χ1n) is 5.87. The Bertz CT molecular complexity index is 657. The molecule has 21 heavy (non-hydrogen) atoms. The second-order valence-electron chi connectivity index (χ2n) is 4.39. The Labute approximate surface area is 121 Å². The minimum Gasteiger partial charge on any atom is -0.393 e. The van der Waals surface area contributed by atoms with E-state index in [4.69, 9.17) is 5.73 Å². The van der Waals surface area contributed by atoms with E-state index in [-0.39, 0.29) is 29.2 Å². The minimum absolute atomic E-state index is 0.0400. The van der Waals surface area contributed by atoms with Crippen molar-refractivity contribution in [1.29, 1.82) is 0 Å². The lowest BCUT2D eigenvalue weighted by Gasteiger charge is -2.11. The highest BCUT2D eigenvalue weighted by Crippen LogP contribution is 2.22. The molecule has 1 aromatic rings. The third-order valence-electron chi connectivity index (χ3n) is 2.69. The monoisotopic (exact) mass is 316 g/mol. The van der Waals surface area contributed by atoms with Gasteiger partial charge in [0.2, 0.25) is 10.0 Å². The van der Waals surface area contributed by atoms with Gasteiger partial charge in [-0.05, 0) is 12.1 Å². The van der Waals surface area contributed by atoms with Gasteiger partial charge in [0.1, 0.15) is 5.69 Å². The number of nitro benzene ring substituents is 1. The van der Waals surface area contributed by atoms with Crippen molar-refractivity contribution in [2.45, 2.75) is 0 Å². The van der Waals surface area contributed by atoms with Crippen molar-refractivity contribution in [3.63, 3.8) is 0 Å². The van der Waals surface area contributed by atoms with E-state index in [1.807, 2.05) is 0 Å². The van der Waals surface area contributed by atoms with Crippen LogP contribution in [-0.2, 0) is 10.0 Å². The summed E-state index contributed by atoms with van der Waals surface area (Å²) in [5, 5.41) is 13.1. The average molecular weight is 316 g/mol. The molecule has 0 unspecified atom stereocenters. The molecule has 10 heteroatoms. The number of hydrogen-bond donors (Lipinski definition) is 2. The number of nitrogen functional groups attached to an aromatic ring is 1. The van der Waals surface area contributed by atoms with Crippen LogP contribution in [-0.4, -0.2) is 49.9 Å². The highest BCUT2D eigenvalue weighted by Gasteiger charge is 2.17. The SMILES string of the molecule is CN(C)S(=O)(=O)CCNC(=O)c1ccc(N)c([N+](=O)[O-])c1. The summed E-state index contributed by atoms with van der Waals surface area (Å²) in [5.41, 5.74) is 5.04. The van der Waals surface area contributed by atoms with Gasteiger partial charge < -0.3 is 11.1 Å². The van der Waals surface area contributed by atoms with Crippen molar-refractivity contribution in [1.82, 2.24) is 9.62 Å². The molecular weight excluding hydrogens is 300 g/mol. The van der Waals surface area contributed by atoms with Crippen LogP contribution in [0.4, 0.5) is 11.4 Å². The Balaban J connectivity index is 2.73. The topological polar surface area (TPSA) is 136 Å². The van der Waals surface area contributed by atoms with Crippen LogP contribution in [0.2, 0.25) is 0 Å². The van der Waals surface area contributed by atoms with Crippen molar-refractivity contribution in [2.75, 3.05) is 32.1 Å². The molecule has 0 aliphatic heterocycles. The largest absolute Gasteiger partial charge is 0.393 e. The summed E-state index contributed by atoms with van der Waals surface area (Å²) in [6, 6.07) is 3.63. The van der Waals surface area contributed by atoms with Gasteiger partial charge in [-0.2, -0.15) is 0 Å². The van der Waals surface area contributed by atoms with Gasteiger partial charge in [0, 0.05) is 32.3 Å². The number of nitrogens with two attached hydrogens (primary N) is 1. The lowest BCUT2D eigenvalue weighted by Crippen LogP contribution is -2.33. The molecule has 1 amide bonds. The lowest BCUT2D eigenvalue weighted by atomic mass is 10.1. The molecule has 3 N–H and O–H groups in total. The number of nitro groups is 1. The zero-order valence-electron chi connectivity index (χ0n) is 11.6. The average Bonchev–Trinajstić information content (AvgIpc) is 2.38. The van der Waals surface area contributed by atoms with E-state index >= 15 is 0 Å². The molecule has 0 aromatic heterocycles. The molecule has 0 saturated carbocycles. The fourth-order valence-electron chi connectivity index (χ4n) is 1.42. The predicted molar refractivity (Wildman–Crippen MR) is 77.3 cm³/mol. The van der Waals surface area contributed by atoms with Gasteiger partial charge in [-0.1, -0.05) is 0 Å². The third kappa shape index (κ3) is 4.39. The summed E-state index contributed by atoms with van der Waals surface area (Å²) in [6.07, 6.45) is 0. The minimum atomic E-state index is -3.41. The summed E-state index contributed by atoms with van der Waals surface area (Å²) in [5.74, 6) is -0.866. The van der Waals surface area contributed by atoms with Crippen molar-refractivity contribution < 1.29 is 18.1 Å². The quantitative estimate of drug-likeness (QED) is 0.424. The van der Waals surface area contributed by atoms with E-state index < -0.39 is 20.9 Å². The molecule has 0 spiro atoms. The Kier molecular flexibility index (Phi) is 5.22. The van der Waals surface area contributed by atoms with Crippen molar-refractivity contribution in [2.24, 2.45) is 0 Å². The zero-order chi connectivity index (χ0) is 16.2. The first kappa shape index (κ1) is 16.9. The van der Waals surface area contributed by atoms with Gasteiger partial charge in [0.05, 0.1) is 10.7 Å². The van der Waals surface area contributed by atoms with Crippen LogP contribution in [0.5, 0.6) is 0 Å². The number of anilines is 1. The van der Waals surface area contributed by atoms with Gasteiger partial charge >= 0.3 is 0 Å². The molecular formula is C11H16N4O5S. The second-order valence-corrected chi connectivity index (χ2v) is 6.69. The summed E-state index contributed by atoms with van der Waals surface area (Å²) in [7, 11) is -0.635. The summed E-state index contributed by atoms with van der Waals surface area (Å²) < 4.78 is 24.1. The van der Waals surface area contributed by atoms with Crippen molar-refractivity contribution in [3.05, 3.63) is 33.9 Å². The van der Waals surface area contributed by atoms with E-state index in [0.29, 0.717) is 0 Å². The van der Waals surface area contributed by atoms with Crippen LogP contribution in [0.15, 0.2) is 18.2 Å². The maximum Gasteiger partial charge on any atom is 0.292 e. The highest BCUT2D eigenvalue weighted by atomic mass is 32.2. The van der Waals surface area contributed by atoms with Crippen LogP contribution in [0, 0.1) is 10.1 Å². The van der Waals surface area contributed by atoms with E-state index in [0.717, 1.165) is 10.4 Å². The van der Waals surface area contributed by atoms with Crippen molar-refractivity contribution >= 4 is 27.3 Å². The van der Waals surface area contributed by atoms with Gasteiger partial charge in [-0.3, -0.25) is 14.9 Å². The molecule has 0 heterocycles. The molecule has 116 valence electrons. The van der Waals surface area contributed by atoms with E-state index in [1.165, 1.54) is 26.2 Å². The first-order chi connectivity index (χ1) is 9.65. The normalized spacial score (nSPS) is 11.4. The van der Waals surface area contributed by atoms with Crippen LogP contribution >= 0.6 is 0 Å². The van der Waals surface area contributed by atoms with Crippen LogP contribution < -0.4 is 11.1 Å². The van der Waals surface area contributed by atoms with Gasteiger partial charge in [-0.25, -0.2) is 12.7 Å². The first-order valence-corrected chi connectivity index (χ1v) is 7.48. The summed E-state index contributed by atoms with van der Waals surface area (Å²) in [4.78, 5) is 21.8. The summed E-state index contributed by atoms with van der Waals surface area (Å²) in [6.45, 7) is -0.0997. The Morgan fingerprint density at radius 3 is 2.57 bits per heavy atom. The molecule has 9 nitrogen and oxygen atoms in total. The van der Waals surface area contributed by atoms with Gasteiger partial charge in [0.25, 0.3) is 11.6 Å². The number of nitrogens with one attached hydrogen (secondary N) is 1. The maximum atomic E-state index is 11.8. The molecule has 1 rings (SSSR count). The molecule has 0 fully saturated rings. The number of nitrogens with zero attached hydrogens (tertiary/aromatic N) is 2. The Morgan fingerprint density at radius 2 is 2.05 bits per heavy atom. The van der Waals surface area contributed by atoms with Gasteiger partial charge in [0.15, 0.2) is 0 Å². The number of benzene rings is 1. The van der Waals surface area contributed by atoms with Gasteiger partial charge in [-0.15, -0.1) is 0 Å². The number of sulfonamides is 1. The Hall–Kier alpha value is -2.20. The molecule has 0 atom stereocenters. The molecule has 0 radical (unpaired) electrons. The molecule has 0 saturated heterocycles. The second kappa shape index (κ2) is 6.50. The van der Waals surface area contributed by atoms with Crippen LogP contribution in [0.1, 0.15) is 10.4 Å². The van der Waals surface area contributed by atoms with E-state index in [1.54, 1.807) is 0 Å². The number of rotatable bonds is 6. The fraction of sp³-hybridized carbons (Fsp3) is 0.364. The van der Waals surface area contributed by atoms with Crippen LogP contribution in [0.25, 0.3) is 0 Å². The third-order valence-corrected chi connectivity index (χ3v) is 4.52. The highest BCUT2D eigenvalue weighted by molar-refractivity contribution is 7.89. The zero-order valence-corrected chi connectivity index (χ0v) is 12.4. The maximum absolute atomic E-state index is 11.8. The number of carbonyl (C=O) groups excluding carboxylic acids is 1. The molecule has 0 aliphatic rings. The fourth-order valence-corrected chi connectivity index (χ4v) is 2.15. The van der Waals surface area contributed by atoms with E-state index in [2.05, 4.69) is 5.32 Å². The van der Waals surface area contributed by atoms with Crippen molar-refractivity contribution in [3.8, 4) is 0 Å². The molecule has 0 aliphatic carbocycles. The van der Waals surface area contributed by atoms with E-state index in [9.17, 15) is 23.3 Å². The predicted octanol–water partition coefficient (Wildman–Crippen LogP) is -0.202. The number of carbonyl (C=O) groups is 1. The standard InChI is InChI=1S/C11H16N4O5S/c1-14(2)21(19,20)6-5-13-11(16)8-3-4-9(12)10(7-8)15(17)18/h3-4,7H,5-6,12H2,1-2H3,(H,13,16).